The first-order valence-electron chi connectivity index (χ1n) is 10.8. The number of carboxylic acid groups (broad SMARTS) is 1. The first kappa shape index (κ1) is 22.9. The van der Waals surface area contributed by atoms with E-state index in [9.17, 15) is 9.59 Å². The number of allylic oxidation sites excluding steroid dienone is 2. The molecule has 0 aromatic carbocycles. The summed E-state index contributed by atoms with van der Waals surface area (Å²) in [4.78, 5) is 23.3. The number of hydrogen-bond donors (Lipinski definition) is 1. The third kappa shape index (κ3) is 7.84. The highest BCUT2D eigenvalue weighted by Gasteiger charge is 2.50. The van der Waals surface area contributed by atoms with Gasteiger partial charge in [0.15, 0.2) is 5.78 Å². The molecule has 154 valence electrons. The molecule has 2 bridgehead atoms. The number of ketones is 1. The van der Waals surface area contributed by atoms with Gasteiger partial charge in [-0.1, -0.05) is 45.1 Å². The van der Waals surface area contributed by atoms with E-state index >= 15 is 0 Å². The third-order valence-corrected chi connectivity index (χ3v) is 8.76. The standard InChI is InChI=1S/C22H36O3S2/c1-2-3-4-5-6-10-15-26-16-17-19-13-14-20(27-19)22(17)18(23)11-8-7-9-12-21(24)25/h8,11,17,19-20,22H,2-7,9-10,12-16H2,1H3,(H,24,25)/t17-,19+,20-,22+/m1/s1. The van der Waals surface area contributed by atoms with Gasteiger partial charge in [-0.3, -0.25) is 9.59 Å². The van der Waals surface area contributed by atoms with Crippen LogP contribution in [0.2, 0.25) is 0 Å². The molecular formula is C22H36O3S2. The second-order valence-corrected chi connectivity index (χ2v) is 10.5. The number of thioether (sulfide) groups is 2. The predicted molar refractivity (Wildman–Crippen MR) is 118 cm³/mol. The monoisotopic (exact) mass is 412 g/mol. The number of carbonyl (C=O) groups is 2. The second kappa shape index (κ2) is 12.9. The zero-order valence-corrected chi connectivity index (χ0v) is 18.4. The van der Waals surface area contributed by atoms with Crippen LogP contribution in [0.1, 0.15) is 77.6 Å². The zero-order valence-electron chi connectivity index (χ0n) is 16.7. The normalized spacial score (nSPS) is 26.9. The Morgan fingerprint density at radius 3 is 2.59 bits per heavy atom. The Labute approximate surface area is 173 Å². The summed E-state index contributed by atoms with van der Waals surface area (Å²) in [6.07, 6.45) is 15.7. The van der Waals surface area contributed by atoms with E-state index in [1.54, 1.807) is 6.08 Å². The Bertz CT molecular complexity index is 492. The second-order valence-electron chi connectivity index (χ2n) is 7.91. The molecule has 2 aliphatic rings. The van der Waals surface area contributed by atoms with Crippen LogP contribution in [0.25, 0.3) is 0 Å². The summed E-state index contributed by atoms with van der Waals surface area (Å²) in [5.74, 6) is 2.62. The van der Waals surface area contributed by atoms with Crippen molar-refractivity contribution in [3.8, 4) is 0 Å². The number of fused-ring (bicyclic) bond motifs is 2. The van der Waals surface area contributed by atoms with Gasteiger partial charge >= 0.3 is 5.97 Å². The summed E-state index contributed by atoms with van der Waals surface area (Å²) >= 11 is 4.11. The molecule has 0 radical (unpaired) electrons. The van der Waals surface area contributed by atoms with Gasteiger partial charge in [0.1, 0.15) is 0 Å². The summed E-state index contributed by atoms with van der Waals surface area (Å²) in [6.45, 7) is 2.26. The van der Waals surface area contributed by atoms with E-state index < -0.39 is 5.97 Å². The molecule has 0 aromatic rings. The molecule has 2 rings (SSSR count). The highest BCUT2D eigenvalue weighted by atomic mass is 32.2. The molecule has 4 atom stereocenters. The van der Waals surface area contributed by atoms with E-state index in [0.29, 0.717) is 29.3 Å². The van der Waals surface area contributed by atoms with Gasteiger partial charge in [-0.15, -0.1) is 0 Å². The fourth-order valence-corrected chi connectivity index (χ4v) is 7.64. The van der Waals surface area contributed by atoms with Crippen molar-refractivity contribution in [3.05, 3.63) is 12.2 Å². The van der Waals surface area contributed by atoms with Crippen molar-refractivity contribution in [1.82, 2.24) is 0 Å². The van der Waals surface area contributed by atoms with Gasteiger partial charge < -0.3 is 5.11 Å². The fraction of sp³-hybridized carbons (Fsp3) is 0.818. The van der Waals surface area contributed by atoms with Crippen LogP contribution in [0.15, 0.2) is 12.2 Å². The summed E-state index contributed by atoms with van der Waals surface area (Å²) in [7, 11) is 0. The lowest BCUT2D eigenvalue weighted by atomic mass is 9.78. The Morgan fingerprint density at radius 1 is 1.07 bits per heavy atom. The number of carbonyl (C=O) groups excluding carboxylic acids is 1. The van der Waals surface area contributed by atoms with Crippen molar-refractivity contribution in [2.24, 2.45) is 11.8 Å². The summed E-state index contributed by atoms with van der Waals surface area (Å²) < 4.78 is 0. The van der Waals surface area contributed by atoms with Crippen LogP contribution in [-0.4, -0.2) is 38.9 Å². The quantitative estimate of drug-likeness (QED) is 0.265. The molecule has 2 saturated heterocycles. The lowest BCUT2D eigenvalue weighted by Crippen LogP contribution is -2.34. The summed E-state index contributed by atoms with van der Waals surface area (Å²) in [5.41, 5.74) is 0. The van der Waals surface area contributed by atoms with Crippen LogP contribution in [-0.2, 0) is 9.59 Å². The van der Waals surface area contributed by atoms with Crippen LogP contribution in [0, 0.1) is 11.8 Å². The lowest BCUT2D eigenvalue weighted by molar-refractivity contribution is -0.137. The van der Waals surface area contributed by atoms with E-state index in [-0.39, 0.29) is 18.1 Å². The van der Waals surface area contributed by atoms with Crippen LogP contribution in [0.3, 0.4) is 0 Å². The molecule has 27 heavy (non-hydrogen) atoms. The molecule has 2 aliphatic heterocycles. The first-order valence-corrected chi connectivity index (χ1v) is 12.9. The average molecular weight is 413 g/mol. The maximum atomic E-state index is 12.8. The van der Waals surface area contributed by atoms with Gasteiger partial charge in [-0.05, 0) is 55.6 Å². The van der Waals surface area contributed by atoms with E-state index in [1.165, 1.54) is 57.1 Å². The molecule has 0 amide bonds. The molecule has 0 unspecified atom stereocenters. The summed E-state index contributed by atoms with van der Waals surface area (Å²) in [5, 5.41) is 9.88. The van der Waals surface area contributed by atoms with E-state index in [2.05, 4.69) is 30.4 Å². The Morgan fingerprint density at radius 2 is 1.81 bits per heavy atom. The Hall–Kier alpha value is -0.420. The van der Waals surface area contributed by atoms with Gasteiger partial charge in [-0.25, -0.2) is 0 Å². The summed E-state index contributed by atoms with van der Waals surface area (Å²) in [6, 6.07) is 0. The molecular weight excluding hydrogens is 376 g/mol. The molecule has 2 heterocycles. The lowest BCUT2D eigenvalue weighted by Gasteiger charge is -2.27. The molecule has 0 aliphatic carbocycles. The minimum Gasteiger partial charge on any atom is -0.481 e. The molecule has 0 aromatic heterocycles. The number of rotatable bonds is 15. The average Bonchev–Trinajstić information content (AvgIpc) is 3.24. The van der Waals surface area contributed by atoms with Crippen LogP contribution in [0.5, 0.6) is 0 Å². The highest BCUT2D eigenvalue weighted by Crippen LogP contribution is 2.54. The van der Waals surface area contributed by atoms with Gasteiger partial charge in [0.25, 0.3) is 0 Å². The largest absolute Gasteiger partial charge is 0.481 e. The van der Waals surface area contributed by atoms with Crippen molar-refractivity contribution in [2.75, 3.05) is 11.5 Å². The SMILES string of the molecule is CCCCCCCCSC[C@H]1[C@@H](C(=O)C=CCCCC(=O)O)[C@H]2CC[C@@H]1S2. The predicted octanol–water partition coefficient (Wildman–Crippen LogP) is 5.97. The number of aliphatic carboxylic acids is 1. The Balaban J connectivity index is 1.68. The zero-order chi connectivity index (χ0) is 19.5. The molecule has 0 saturated carbocycles. The van der Waals surface area contributed by atoms with Gasteiger partial charge in [0.2, 0.25) is 0 Å². The minimum atomic E-state index is -0.762. The van der Waals surface area contributed by atoms with E-state index in [0.717, 1.165) is 5.75 Å². The van der Waals surface area contributed by atoms with Crippen molar-refractivity contribution in [2.45, 2.75) is 88.1 Å². The maximum Gasteiger partial charge on any atom is 0.303 e. The van der Waals surface area contributed by atoms with Crippen molar-refractivity contribution >= 4 is 35.3 Å². The first-order chi connectivity index (χ1) is 13.1. The highest BCUT2D eigenvalue weighted by molar-refractivity contribution is 8.01. The molecule has 3 nitrogen and oxygen atoms in total. The molecule has 0 spiro atoms. The van der Waals surface area contributed by atoms with Gasteiger partial charge in [0.05, 0.1) is 0 Å². The van der Waals surface area contributed by atoms with E-state index in [4.69, 9.17) is 5.11 Å². The van der Waals surface area contributed by atoms with Crippen molar-refractivity contribution < 1.29 is 14.7 Å². The number of unbranched alkanes of at least 4 members (excludes halogenated alkanes) is 6. The van der Waals surface area contributed by atoms with Crippen LogP contribution in [0.4, 0.5) is 0 Å². The number of hydrogen-bond acceptors (Lipinski definition) is 4. The molecule has 1 N–H and O–H groups in total. The van der Waals surface area contributed by atoms with E-state index in [1.807, 2.05) is 6.08 Å². The third-order valence-electron chi connectivity index (χ3n) is 5.75. The topological polar surface area (TPSA) is 54.4 Å². The minimum absolute atomic E-state index is 0.181. The number of carboxylic acids is 1. The maximum absolute atomic E-state index is 12.8. The van der Waals surface area contributed by atoms with Gasteiger partial charge in [-0.2, -0.15) is 23.5 Å². The van der Waals surface area contributed by atoms with Crippen LogP contribution < -0.4 is 0 Å². The fourth-order valence-electron chi connectivity index (χ4n) is 4.27. The van der Waals surface area contributed by atoms with Gasteiger partial charge in [0, 0.05) is 22.8 Å². The Kier molecular flexibility index (Phi) is 10.9. The molecule has 5 heteroatoms. The van der Waals surface area contributed by atoms with Crippen molar-refractivity contribution in [1.29, 1.82) is 0 Å². The van der Waals surface area contributed by atoms with Crippen LogP contribution >= 0.6 is 23.5 Å². The smallest absolute Gasteiger partial charge is 0.303 e. The van der Waals surface area contributed by atoms with Crippen molar-refractivity contribution in [3.63, 3.8) is 0 Å². The molecule has 2 fully saturated rings.